The number of hydrogen-bond donors (Lipinski definition) is 5. The third-order valence-electron chi connectivity index (χ3n) is 7.36. The van der Waals surface area contributed by atoms with Gasteiger partial charge in [-0.15, -0.1) is 0 Å². The molecule has 2 aliphatic heterocycles. The monoisotopic (exact) mass is 642 g/mol. The van der Waals surface area contributed by atoms with Crippen molar-refractivity contribution in [1.82, 2.24) is 10.2 Å². The number of unbranched alkanes of at least 4 members (excludes halogenated alkanes) is 1. The Morgan fingerprint density at radius 3 is 2.73 bits per heavy atom. The Balaban J connectivity index is 1.52. The number of esters is 1. The van der Waals surface area contributed by atoms with Gasteiger partial charge >= 0.3 is 11.9 Å². The summed E-state index contributed by atoms with van der Waals surface area (Å²) in [4.78, 5) is 49.4. The number of aliphatic hydroxyl groups is 2. The van der Waals surface area contributed by atoms with E-state index < -0.39 is 36.5 Å². The molecule has 14 nitrogen and oxygen atoms in total. The zero-order valence-electron chi connectivity index (χ0n) is 24.7. The molecule has 15 heteroatoms. The molecule has 3 rings (SSSR count). The van der Waals surface area contributed by atoms with Gasteiger partial charge in [0, 0.05) is 37.1 Å². The first-order valence-electron chi connectivity index (χ1n) is 14.7. The van der Waals surface area contributed by atoms with Crippen LogP contribution in [0.25, 0.3) is 0 Å². The van der Waals surface area contributed by atoms with Gasteiger partial charge in [0.25, 0.3) is 0 Å². The highest BCUT2D eigenvalue weighted by Gasteiger charge is 2.41. The van der Waals surface area contributed by atoms with Gasteiger partial charge in [-0.3, -0.25) is 14.4 Å². The van der Waals surface area contributed by atoms with Crippen LogP contribution in [0.2, 0.25) is 0 Å². The molecule has 0 aliphatic carbocycles. The number of ether oxygens (including phenoxy) is 4. The molecule has 3 unspecified atom stereocenters. The minimum atomic E-state index is -1.49. The van der Waals surface area contributed by atoms with E-state index in [0.717, 1.165) is 5.56 Å². The topological polar surface area (TPSA) is 201 Å². The number of aliphatic hydroxyl groups excluding tert-OH is 2. The van der Waals surface area contributed by atoms with E-state index in [9.17, 15) is 34.5 Å². The second kappa shape index (κ2) is 18.1. The number of rotatable bonds is 18. The first kappa shape index (κ1) is 35.5. The smallest absolute Gasteiger partial charge is 0.333 e. The Morgan fingerprint density at radius 2 is 2.00 bits per heavy atom. The number of likely N-dealkylation sites (tertiary alicyclic amines) is 1. The van der Waals surface area contributed by atoms with Crippen LogP contribution in [0.1, 0.15) is 56.6 Å². The number of aliphatic carboxylic acids is 1. The SMILES string of the molecule is CCC(=O)OCc1ccc(CCCCNC(=O)CN2C(=O)CC[C@H]2COCCSO)cc1OC1OC(C(=O)O)CC(O)[C@H]1O. The number of amides is 2. The molecule has 0 aromatic heterocycles. The van der Waals surface area contributed by atoms with Crippen LogP contribution in [0.4, 0.5) is 0 Å². The summed E-state index contributed by atoms with van der Waals surface area (Å²) in [6.45, 7) is 2.58. The predicted octanol–water partition coefficient (Wildman–Crippen LogP) is 1.09. The molecule has 2 aliphatic rings. The molecule has 2 amide bonds. The summed E-state index contributed by atoms with van der Waals surface area (Å²) in [5, 5.41) is 32.7. The molecule has 0 spiro atoms. The summed E-state index contributed by atoms with van der Waals surface area (Å²) < 4.78 is 30.7. The Bertz CT molecular complexity index is 1120. The van der Waals surface area contributed by atoms with Gasteiger partial charge in [0.1, 0.15) is 18.5 Å². The fourth-order valence-electron chi connectivity index (χ4n) is 4.86. The maximum atomic E-state index is 12.5. The molecule has 1 aromatic carbocycles. The first-order chi connectivity index (χ1) is 21.1. The molecule has 5 atom stereocenters. The van der Waals surface area contributed by atoms with Crippen LogP contribution in [0.5, 0.6) is 5.75 Å². The zero-order chi connectivity index (χ0) is 32.1. The summed E-state index contributed by atoms with van der Waals surface area (Å²) in [5.74, 6) is -1.42. The lowest BCUT2D eigenvalue weighted by Crippen LogP contribution is -2.52. The van der Waals surface area contributed by atoms with Gasteiger partial charge in [-0.25, -0.2) is 4.79 Å². The summed E-state index contributed by atoms with van der Waals surface area (Å²) >= 11 is 0.688. The molecule has 44 heavy (non-hydrogen) atoms. The fourth-order valence-corrected chi connectivity index (χ4v) is 5.05. The van der Waals surface area contributed by atoms with Gasteiger partial charge in [0.05, 0.1) is 31.9 Å². The number of hydrogen-bond acceptors (Lipinski definition) is 12. The summed E-state index contributed by atoms with van der Waals surface area (Å²) in [7, 11) is 0. The Labute approximate surface area is 260 Å². The van der Waals surface area contributed by atoms with Crippen molar-refractivity contribution in [2.45, 2.75) is 89.1 Å². The molecule has 0 radical (unpaired) electrons. The largest absolute Gasteiger partial charge is 0.479 e. The molecule has 1 aromatic rings. The molecule has 2 saturated heterocycles. The van der Waals surface area contributed by atoms with E-state index in [-0.39, 0.29) is 49.6 Å². The Kier molecular flexibility index (Phi) is 14.6. The number of carbonyl (C=O) groups is 4. The molecule has 0 saturated carbocycles. The highest BCUT2D eigenvalue weighted by atomic mass is 32.2. The van der Waals surface area contributed by atoms with Gasteiger partial charge in [0.15, 0.2) is 6.10 Å². The van der Waals surface area contributed by atoms with Crippen molar-refractivity contribution in [3.8, 4) is 5.75 Å². The van der Waals surface area contributed by atoms with E-state index in [0.29, 0.717) is 75.2 Å². The van der Waals surface area contributed by atoms with E-state index in [1.807, 2.05) is 6.07 Å². The number of nitrogens with zero attached hydrogens (tertiary/aromatic N) is 1. The summed E-state index contributed by atoms with van der Waals surface area (Å²) in [6, 6.07) is 5.04. The van der Waals surface area contributed by atoms with E-state index in [4.69, 9.17) is 23.5 Å². The number of benzene rings is 1. The number of carbonyl (C=O) groups excluding carboxylic acids is 3. The molecule has 246 valence electrons. The maximum Gasteiger partial charge on any atom is 0.333 e. The number of carboxylic acids is 1. The Morgan fingerprint density at radius 1 is 1.20 bits per heavy atom. The van der Waals surface area contributed by atoms with Gasteiger partial charge in [0.2, 0.25) is 18.1 Å². The minimum Gasteiger partial charge on any atom is -0.479 e. The lowest BCUT2D eigenvalue weighted by Gasteiger charge is -2.35. The second-order valence-electron chi connectivity index (χ2n) is 10.6. The van der Waals surface area contributed by atoms with E-state index >= 15 is 0 Å². The maximum absolute atomic E-state index is 12.5. The van der Waals surface area contributed by atoms with E-state index in [1.165, 1.54) is 4.90 Å². The standard InChI is InChI=1S/C29H42N2O12S/c1-2-26(35)41-16-19-7-6-18(13-22(19)42-29-27(36)21(32)14-23(43-29)28(37)38)5-3-4-10-30-24(33)15-31-20(8-9-25(31)34)17-40-11-12-44-39/h6-7,13,20-21,23,27,29,32,36,39H,2-5,8-12,14-17H2,1H3,(H,30,33)(H,37,38)/t20-,21?,23?,27+,29?/m0/s1. The van der Waals surface area contributed by atoms with Crippen LogP contribution in [0.3, 0.4) is 0 Å². The predicted molar refractivity (Wildman–Crippen MR) is 157 cm³/mol. The van der Waals surface area contributed by atoms with Crippen molar-refractivity contribution in [3.05, 3.63) is 29.3 Å². The minimum absolute atomic E-state index is 0.0428. The lowest BCUT2D eigenvalue weighted by atomic mass is 10.0. The van der Waals surface area contributed by atoms with Crippen LogP contribution in [0, 0.1) is 0 Å². The van der Waals surface area contributed by atoms with Crippen molar-refractivity contribution in [1.29, 1.82) is 0 Å². The number of aryl methyl sites for hydroxylation is 1. The average molecular weight is 643 g/mol. The van der Waals surface area contributed by atoms with Crippen LogP contribution >= 0.6 is 12.0 Å². The van der Waals surface area contributed by atoms with Gasteiger partial charge in [-0.2, -0.15) is 0 Å². The van der Waals surface area contributed by atoms with E-state index in [2.05, 4.69) is 5.32 Å². The summed E-state index contributed by atoms with van der Waals surface area (Å²) in [5.41, 5.74) is 1.31. The third-order valence-corrected chi connectivity index (χ3v) is 7.71. The highest BCUT2D eigenvalue weighted by Crippen LogP contribution is 2.29. The van der Waals surface area contributed by atoms with E-state index in [1.54, 1.807) is 19.1 Å². The second-order valence-corrected chi connectivity index (χ2v) is 11.3. The summed E-state index contributed by atoms with van der Waals surface area (Å²) in [6.07, 6.45) is -2.88. The fraction of sp³-hybridized carbons (Fsp3) is 0.655. The van der Waals surface area contributed by atoms with Gasteiger partial charge in [-0.05, 0) is 49.4 Å². The number of nitrogens with one attached hydrogen (secondary N) is 1. The van der Waals surface area contributed by atoms with Crippen LogP contribution in [0.15, 0.2) is 18.2 Å². The molecule has 2 fully saturated rings. The lowest BCUT2D eigenvalue weighted by molar-refractivity contribution is -0.238. The molecular weight excluding hydrogens is 600 g/mol. The quantitative estimate of drug-likeness (QED) is 0.0866. The average Bonchev–Trinajstić information content (AvgIpc) is 3.34. The van der Waals surface area contributed by atoms with Crippen LogP contribution in [-0.2, 0) is 46.4 Å². The first-order valence-corrected chi connectivity index (χ1v) is 15.7. The van der Waals surface area contributed by atoms with Crippen molar-refractivity contribution < 1.29 is 58.0 Å². The molecular formula is C29H42N2O12S. The zero-order valence-corrected chi connectivity index (χ0v) is 25.5. The highest BCUT2D eigenvalue weighted by molar-refractivity contribution is 7.93. The van der Waals surface area contributed by atoms with Crippen molar-refractivity contribution in [2.75, 3.05) is 32.1 Å². The normalized spacial score (nSPS) is 23.4. The van der Waals surface area contributed by atoms with Crippen LogP contribution < -0.4 is 10.1 Å². The molecule has 2 heterocycles. The van der Waals surface area contributed by atoms with Crippen LogP contribution in [-0.4, -0.2) is 111 Å². The number of carboxylic acid groups (broad SMARTS) is 1. The van der Waals surface area contributed by atoms with Crippen molar-refractivity contribution >= 4 is 35.8 Å². The van der Waals surface area contributed by atoms with Crippen molar-refractivity contribution in [3.63, 3.8) is 0 Å². The Hall–Kier alpha value is -2.95. The van der Waals surface area contributed by atoms with Gasteiger partial charge < -0.3 is 49.0 Å². The third kappa shape index (κ3) is 10.9. The van der Waals surface area contributed by atoms with Crippen molar-refractivity contribution in [2.24, 2.45) is 0 Å². The molecule has 0 bridgehead atoms. The van der Waals surface area contributed by atoms with Gasteiger partial charge in [-0.1, -0.05) is 19.1 Å². The molecule has 5 N–H and O–H groups in total.